The zero-order valence-electron chi connectivity index (χ0n) is 28.0. The van der Waals surface area contributed by atoms with Gasteiger partial charge in [-0.1, -0.05) is 55.8 Å². The maximum atomic E-state index is 14.9. The van der Waals surface area contributed by atoms with Crippen molar-refractivity contribution in [2.75, 3.05) is 37.7 Å². The molecule has 2 unspecified atom stereocenters. The largest absolute Gasteiger partial charge is 0.494 e. The topological polar surface area (TPSA) is 99.6 Å². The number of hydrogen-bond donors (Lipinski definition) is 1. The van der Waals surface area contributed by atoms with Gasteiger partial charge in [0.2, 0.25) is 17.7 Å². The molecule has 252 valence electrons. The van der Waals surface area contributed by atoms with Crippen LogP contribution in [-0.2, 0) is 25.5 Å². The predicted molar refractivity (Wildman–Crippen MR) is 182 cm³/mol. The van der Waals surface area contributed by atoms with Crippen LogP contribution in [-0.4, -0.2) is 88.8 Å². The highest BCUT2D eigenvalue weighted by molar-refractivity contribution is 6.03. The van der Waals surface area contributed by atoms with E-state index in [1.165, 1.54) is 0 Å². The molecule has 2 aromatic carbocycles. The van der Waals surface area contributed by atoms with Crippen molar-refractivity contribution in [1.82, 2.24) is 9.80 Å². The summed E-state index contributed by atoms with van der Waals surface area (Å²) in [5.74, 6) is -1.83. The lowest BCUT2D eigenvalue weighted by molar-refractivity contribution is -0.154. The Bertz CT molecular complexity index is 1450. The Morgan fingerprint density at radius 3 is 2.38 bits per heavy atom. The molecule has 3 aliphatic heterocycles. The lowest BCUT2D eigenvalue weighted by atomic mass is 9.66. The average molecular weight is 644 g/mol. The van der Waals surface area contributed by atoms with Crippen LogP contribution in [0.2, 0.25) is 0 Å². The van der Waals surface area contributed by atoms with E-state index in [1.807, 2.05) is 68.4 Å². The number of amides is 3. The van der Waals surface area contributed by atoms with Gasteiger partial charge in [-0.3, -0.25) is 14.4 Å². The van der Waals surface area contributed by atoms with Gasteiger partial charge in [0.15, 0.2) is 0 Å². The summed E-state index contributed by atoms with van der Waals surface area (Å²) < 4.78 is 12.5. The van der Waals surface area contributed by atoms with E-state index in [2.05, 4.69) is 20.1 Å². The summed E-state index contributed by atoms with van der Waals surface area (Å²) in [6.07, 6.45) is 6.39. The Hall–Kier alpha value is -3.95. The molecule has 0 aliphatic carbocycles. The van der Waals surface area contributed by atoms with Crippen LogP contribution in [0.3, 0.4) is 0 Å². The normalized spacial score (nSPS) is 26.5. The van der Waals surface area contributed by atoms with Gasteiger partial charge in [-0.15, -0.1) is 13.2 Å². The number of benzene rings is 2. The quantitative estimate of drug-likeness (QED) is 0.264. The predicted octanol–water partition coefficient (Wildman–Crippen LogP) is 4.79. The molecule has 0 radical (unpaired) electrons. The molecule has 3 saturated heterocycles. The lowest BCUT2D eigenvalue weighted by Gasteiger charge is -2.39. The van der Waals surface area contributed by atoms with Crippen LogP contribution in [0.1, 0.15) is 52.0 Å². The second-order valence-electron chi connectivity index (χ2n) is 13.1. The molecule has 9 nitrogen and oxygen atoms in total. The molecule has 0 saturated carbocycles. The number of ether oxygens (including phenoxy) is 2. The Morgan fingerprint density at radius 1 is 1.06 bits per heavy atom. The van der Waals surface area contributed by atoms with Gasteiger partial charge in [0.25, 0.3) is 0 Å². The molecule has 2 bridgehead atoms. The Morgan fingerprint density at radius 2 is 1.77 bits per heavy atom. The summed E-state index contributed by atoms with van der Waals surface area (Å²) in [6, 6.07) is 15.3. The number of aliphatic hydroxyl groups is 1. The summed E-state index contributed by atoms with van der Waals surface area (Å²) in [4.78, 5) is 49.3. The van der Waals surface area contributed by atoms with E-state index >= 15 is 0 Å². The zero-order valence-corrected chi connectivity index (χ0v) is 28.0. The number of unbranched alkanes of at least 4 members (excludes halogenated alkanes) is 1. The first-order valence-corrected chi connectivity index (χ1v) is 16.9. The van der Waals surface area contributed by atoms with E-state index in [4.69, 9.17) is 9.47 Å². The first-order chi connectivity index (χ1) is 22.7. The molecule has 3 heterocycles. The van der Waals surface area contributed by atoms with Crippen molar-refractivity contribution in [1.29, 1.82) is 0 Å². The van der Waals surface area contributed by atoms with E-state index in [0.29, 0.717) is 50.4 Å². The molecule has 2 aromatic rings. The van der Waals surface area contributed by atoms with Crippen LogP contribution in [0, 0.1) is 11.8 Å². The van der Waals surface area contributed by atoms with Gasteiger partial charge in [0, 0.05) is 25.3 Å². The number of hydrogen-bond acceptors (Lipinski definition) is 6. The maximum absolute atomic E-state index is 14.9. The molecule has 6 atom stereocenters. The summed E-state index contributed by atoms with van der Waals surface area (Å²) in [6.45, 7) is 14.9. The van der Waals surface area contributed by atoms with Crippen molar-refractivity contribution < 1.29 is 29.0 Å². The molecule has 0 aromatic heterocycles. The first-order valence-electron chi connectivity index (χ1n) is 16.9. The number of carbonyl (C=O) groups excluding carboxylic acids is 3. The van der Waals surface area contributed by atoms with Gasteiger partial charge in [-0.2, -0.15) is 0 Å². The lowest BCUT2D eigenvalue weighted by Crippen LogP contribution is -2.59. The van der Waals surface area contributed by atoms with Crippen molar-refractivity contribution in [2.24, 2.45) is 11.8 Å². The summed E-state index contributed by atoms with van der Waals surface area (Å²) in [5, 5.41) is 10.8. The van der Waals surface area contributed by atoms with Crippen LogP contribution in [0.4, 0.5) is 5.69 Å². The van der Waals surface area contributed by atoms with Gasteiger partial charge in [-0.05, 0) is 69.4 Å². The average Bonchev–Trinajstić information content (AvgIpc) is 3.65. The Kier molecular flexibility index (Phi) is 10.6. The van der Waals surface area contributed by atoms with Crippen molar-refractivity contribution in [3.05, 3.63) is 85.5 Å². The Labute approximate surface area is 278 Å². The molecule has 3 fully saturated rings. The van der Waals surface area contributed by atoms with E-state index in [9.17, 15) is 19.5 Å². The van der Waals surface area contributed by atoms with Crippen LogP contribution >= 0.6 is 0 Å². The minimum Gasteiger partial charge on any atom is -0.494 e. The van der Waals surface area contributed by atoms with Crippen molar-refractivity contribution in [3.63, 3.8) is 0 Å². The van der Waals surface area contributed by atoms with Crippen molar-refractivity contribution in [3.8, 4) is 5.75 Å². The SMILES string of the molecule is C=CCN(CCCC)C(=O)C1N([C@@H](CO)Cc2ccccc2)C(=O)[C@@H]2[C@H](C(=O)N(CC=C)c3ccc(OCC)cc3)[C@]3(C)CCC12O3. The van der Waals surface area contributed by atoms with Crippen molar-refractivity contribution in [2.45, 2.75) is 76.2 Å². The number of nitrogens with zero attached hydrogens (tertiary/aromatic N) is 3. The highest BCUT2D eigenvalue weighted by atomic mass is 16.5. The summed E-state index contributed by atoms with van der Waals surface area (Å²) in [5.41, 5.74) is -0.570. The fourth-order valence-electron chi connectivity index (χ4n) is 8.03. The monoisotopic (exact) mass is 643 g/mol. The number of likely N-dealkylation sites (tertiary alicyclic amines) is 1. The molecule has 1 N–H and O–H groups in total. The molecule has 9 heteroatoms. The van der Waals surface area contributed by atoms with Crippen LogP contribution in [0.15, 0.2) is 79.9 Å². The second kappa shape index (κ2) is 14.4. The smallest absolute Gasteiger partial charge is 0.248 e. The van der Waals surface area contributed by atoms with Gasteiger partial charge in [0.1, 0.15) is 17.4 Å². The molecule has 3 aliphatic rings. The van der Waals surface area contributed by atoms with Gasteiger partial charge in [0.05, 0.1) is 36.7 Å². The van der Waals surface area contributed by atoms with Crippen molar-refractivity contribution >= 4 is 23.4 Å². The molecule has 5 rings (SSSR count). The first kappa shape index (κ1) is 34.4. The third-order valence-electron chi connectivity index (χ3n) is 10.1. The Balaban J connectivity index is 1.58. The maximum Gasteiger partial charge on any atom is 0.248 e. The zero-order chi connectivity index (χ0) is 33.8. The molecule has 1 spiro atoms. The highest BCUT2D eigenvalue weighted by Crippen LogP contribution is 2.64. The van der Waals surface area contributed by atoms with E-state index < -0.39 is 35.1 Å². The van der Waals surface area contributed by atoms with Gasteiger partial charge < -0.3 is 29.3 Å². The van der Waals surface area contributed by atoms with Gasteiger partial charge >= 0.3 is 0 Å². The third-order valence-corrected chi connectivity index (χ3v) is 10.1. The second-order valence-corrected chi connectivity index (χ2v) is 13.1. The number of aliphatic hydroxyl groups excluding tert-OH is 1. The fourth-order valence-corrected chi connectivity index (χ4v) is 8.03. The number of anilines is 1. The van der Waals surface area contributed by atoms with E-state index in [0.717, 1.165) is 18.4 Å². The molecule has 3 amide bonds. The molecular weight excluding hydrogens is 594 g/mol. The number of rotatable bonds is 16. The van der Waals surface area contributed by atoms with Gasteiger partial charge in [-0.25, -0.2) is 0 Å². The van der Waals surface area contributed by atoms with E-state index in [1.54, 1.807) is 26.9 Å². The highest BCUT2D eigenvalue weighted by Gasteiger charge is 2.78. The number of carbonyl (C=O) groups is 3. The van der Waals surface area contributed by atoms with E-state index in [-0.39, 0.29) is 30.9 Å². The summed E-state index contributed by atoms with van der Waals surface area (Å²) >= 11 is 0. The van der Waals surface area contributed by atoms with Crippen LogP contribution in [0.5, 0.6) is 5.75 Å². The molecule has 47 heavy (non-hydrogen) atoms. The number of fused-ring (bicyclic) bond motifs is 1. The third kappa shape index (κ3) is 6.23. The molecular formula is C38H49N3O6. The summed E-state index contributed by atoms with van der Waals surface area (Å²) in [7, 11) is 0. The fraction of sp³-hybridized carbons (Fsp3) is 0.500. The standard InChI is InChI=1S/C38H49N3O6/c1-6-10-24-39(22-7-2)36(45)33-38-21-20-37(5,47-38)31(34(43)40(23-8-3)28-16-18-30(19-17-28)46-9-4)32(38)35(44)41(33)29(26-42)25-27-14-12-11-13-15-27/h7-8,11-19,29,31-33,42H,2-3,6,9-10,20-26H2,1,4-5H3/t29-,31-,32+,33?,37+,38?/m1/s1. The van der Waals surface area contributed by atoms with Crippen LogP contribution in [0.25, 0.3) is 0 Å². The minimum atomic E-state index is -1.21. The minimum absolute atomic E-state index is 0.229. The van der Waals surface area contributed by atoms with Crippen LogP contribution < -0.4 is 9.64 Å².